The van der Waals surface area contributed by atoms with Crippen LogP contribution >= 0.6 is 0 Å². The third-order valence-corrected chi connectivity index (χ3v) is 3.23. The largest absolute Gasteiger partial charge is 0.478 e. The first-order valence-electron chi connectivity index (χ1n) is 6.75. The maximum absolute atomic E-state index is 11.1. The molecule has 2 N–H and O–H groups in total. The number of carboxylic acid groups (broad SMARTS) is 1. The molecular formula is C15H22N2O3. The normalized spacial score (nSPS) is 10.6. The zero-order valence-electron chi connectivity index (χ0n) is 12.1. The highest BCUT2D eigenvalue weighted by molar-refractivity contribution is 5.89. The van der Waals surface area contributed by atoms with Gasteiger partial charge in [-0.3, -0.25) is 4.79 Å². The van der Waals surface area contributed by atoms with Crippen molar-refractivity contribution in [3.63, 3.8) is 0 Å². The minimum Gasteiger partial charge on any atom is -0.478 e. The molecule has 0 fully saturated rings. The van der Waals surface area contributed by atoms with Crippen LogP contribution in [0.1, 0.15) is 28.8 Å². The van der Waals surface area contributed by atoms with Crippen LogP contribution in [0.3, 0.4) is 0 Å². The third kappa shape index (κ3) is 5.40. The molecule has 0 spiro atoms. The SMILES string of the molecule is CNC(=O)CCCN(C)CCc1ccccc1C(=O)O. The fourth-order valence-electron chi connectivity index (χ4n) is 2.00. The molecule has 0 aliphatic carbocycles. The van der Waals surface area contributed by atoms with Crippen molar-refractivity contribution in [2.75, 3.05) is 27.2 Å². The summed E-state index contributed by atoms with van der Waals surface area (Å²) in [5, 5.41) is 11.7. The highest BCUT2D eigenvalue weighted by atomic mass is 16.4. The summed E-state index contributed by atoms with van der Waals surface area (Å²) >= 11 is 0. The molecule has 1 aromatic rings. The van der Waals surface area contributed by atoms with Crippen LogP contribution in [-0.4, -0.2) is 49.1 Å². The first-order chi connectivity index (χ1) is 9.54. The van der Waals surface area contributed by atoms with Crippen LogP contribution in [-0.2, 0) is 11.2 Å². The van der Waals surface area contributed by atoms with Crippen molar-refractivity contribution in [1.82, 2.24) is 10.2 Å². The van der Waals surface area contributed by atoms with E-state index in [2.05, 4.69) is 10.2 Å². The minimum absolute atomic E-state index is 0.0506. The molecular weight excluding hydrogens is 256 g/mol. The molecule has 0 aromatic heterocycles. The Morgan fingerprint density at radius 1 is 1.25 bits per heavy atom. The number of carboxylic acids is 1. The monoisotopic (exact) mass is 278 g/mol. The molecule has 20 heavy (non-hydrogen) atoms. The highest BCUT2D eigenvalue weighted by Crippen LogP contribution is 2.10. The van der Waals surface area contributed by atoms with Gasteiger partial charge in [0.2, 0.25) is 5.91 Å². The smallest absolute Gasteiger partial charge is 0.335 e. The van der Waals surface area contributed by atoms with Crippen molar-refractivity contribution in [1.29, 1.82) is 0 Å². The fraction of sp³-hybridized carbons (Fsp3) is 0.467. The first kappa shape index (κ1) is 16.2. The Hall–Kier alpha value is -1.88. The van der Waals surface area contributed by atoms with Gasteiger partial charge in [0.15, 0.2) is 0 Å². The standard InChI is InChI=1S/C15H22N2O3/c1-16-14(18)8-5-10-17(2)11-9-12-6-3-4-7-13(12)15(19)20/h3-4,6-7H,5,8-11H2,1-2H3,(H,16,18)(H,19,20). The van der Waals surface area contributed by atoms with Crippen molar-refractivity contribution in [2.24, 2.45) is 0 Å². The lowest BCUT2D eigenvalue weighted by atomic mass is 10.0. The summed E-state index contributed by atoms with van der Waals surface area (Å²) in [7, 11) is 3.61. The van der Waals surface area contributed by atoms with E-state index in [-0.39, 0.29) is 5.91 Å². The van der Waals surface area contributed by atoms with Crippen molar-refractivity contribution >= 4 is 11.9 Å². The second-order valence-corrected chi connectivity index (χ2v) is 4.79. The Balaban J connectivity index is 2.39. The Labute approximate surface area is 119 Å². The molecule has 0 aliphatic heterocycles. The predicted octanol–water partition coefficient (Wildman–Crippen LogP) is 1.39. The molecule has 0 aliphatic rings. The van der Waals surface area contributed by atoms with E-state index >= 15 is 0 Å². The summed E-state index contributed by atoms with van der Waals surface area (Å²) in [6.45, 7) is 1.60. The highest BCUT2D eigenvalue weighted by Gasteiger charge is 2.09. The van der Waals surface area contributed by atoms with Gasteiger partial charge in [-0.05, 0) is 38.1 Å². The second kappa shape index (κ2) is 8.32. The van der Waals surface area contributed by atoms with Gasteiger partial charge in [0, 0.05) is 20.0 Å². The predicted molar refractivity (Wildman–Crippen MR) is 77.9 cm³/mol. The van der Waals surface area contributed by atoms with Gasteiger partial charge in [-0.25, -0.2) is 4.79 Å². The molecule has 0 saturated carbocycles. The molecule has 1 aromatic carbocycles. The van der Waals surface area contributed by atoms with Crippen LogP contribution < -0.4 is 5.32 Å². The number of benzene rings is 1. The zero-order chi connectivity index (χ0) is 15.0. The van der Waals surface area contributed by atoms with E-state index in [0.29, 0.717) is 18.4 Å². The summed E-state index contributed by atoms with van der Waals surface area (Å²) in [5.74, 6) is -0.836. The maximum Gasteiger partial charge on any atom is 0.335 e. The third-order valence-electron chi connectivity index (χ3n) is 3.23. The Morgan fingerprint density at radius 3 is 2.60 bits per heavy atom. The molecule has 0 atom stereocenters. The summed E-state index contributed by atoms with van der Waals surface area (Å²) in [4.78, 5) is 24.3. The molecule has 1 amide bonds. The van der Waals surface area contributed by atoms with Crippen LogP contribution in [0.2, 0.25) is 0 Å². The van der Waals surface area contributed by atoms with E-state index in [1.807, 2.05) is 19.2 Å². The topological polar surface area (TPSA) is 69.6 Å². The van der Waals surface area contributed by atoms with E-state index in [1.165, 1.54) is 0 Å². The van der Waals surface area contributed by atoms with Crippen molar-refractivity contribution in [2.45, 2.75) is 19.3 Å². The number of hydrogen-bond acceptors (Lipinski definition) is 3. The number of likely N-dealkylation sites (N-methyl/N-ethyl adjacent to an activating group) is 1. The van der Waals surface area contributed by atoms with Gasteiger partial charge in [0.25, 0.3) is 0 Å². The summed E-state index contributed by atoms with van der Waals surface area (Å²) in [5.41, 5.74) is 1.21. The fourth-order valence-corrected chi connectivity index (χ4v) is 2.00. The van der Waals surface area contributed by atoms with Crippen molar-refractivity contribution in [3.8, 4) is 0 Å². The number of nitrogens with zero attached hydrogens (tertiary/aromatic N) is 1. The van der Waals surface area contributed by atoms with Crippen LogP contribution in [0.25, 0.3) is 0 Å². The molecule has 0 unspecified atom stereocenters. The number of carbonyl (C=O) groups excluding carboxylic acids is 1. The summed E-state index contributed by atoms with van der Waals surface area (Å²) in [6.07, 6.45) is 2.02. The average molecular weight is 278 g/mol. The molecule has 5 nitrogen and oxygen atoms in total. The number of aromatic carboxylic acids is 1. The van der Waals surface area contributed by atoms with Crippen LogP contribution in [0.15, 0.2) is 24.3 Å². The van der Waals surface area contributed by atoms with Gasteiger partial charge in [0.1, 0.15) is 0 Å². The number of carbonyl (C=O) groups is 2. The molecule has 0 heterocycles. The molecule has 110 valence electrons. The van der Waals surface area contributed by atoms with Crippen molar-refractivity contribution < 1.29 is 14.7 Å². The molecule has 5 heteroatoms. The quantitative estimate of drug-likeness (QED) is 0.754. The molecule has 0 saturated heterocycles. The lowest BCUT2D eigenvalue weighted by molar-refractivity contribution is -0.120. The average Bonchev–Trinajstić information content (AvgIpc) is 2.45. The van der Waals surface area contributed by atoms with E-state index in [1.54, 1.807) is 19.2 Å². The lowest BCUT2D eigenvalue weighted by Crippen LogP contribution is -2.25. The van der Waals surface area contributed by atoms with E-state index in [9.17, 15) is 9.59 Å². The Morgan fingerprint density at radius 2 is 1.95 bits per heavy atom. The van der Waals surface area contributed by atoms with E-state index in [0.717, 1.165) is 25.1 Å². The van der Waals surface area contributed by atoms with Crippen LogP contribution in [0, 0.1) is 0 Å². The van der Waals surface area contributed by atoms with Crippen molar-refractivity contribution in [3.05, 3.63) is 35.4 Å². The van der Waals surface area contributed by atoms with Crippen LogP contribution in [0.4, 0.5) is 0 Å². The molecule has 0 bridgehead atoms. The van der Waals surface area contributed by atoms with E-state index < -0.39 is 5.97 Å². The van der Waals surface area contributed by atoms with Gasteiger partial charge in [-0.15, -0.1) is 0 Å². The minimum atomic E-state index is -0.886. The number of hydrogen-bond donors (Lipinski definition) is 2. The Kier molecular flexibility index (Phi) is 6.73. The van der Waals surface area contributed by atoms with Gasteiger partial charge in [-0.2, -0.15) is 0 Å². The zero-order valence-corrected chi connectivity index (χ0v) is 12.1. The lowest BCUT2D eigenvalue weighted by Gasteiger charge is -2.16. The Bertz CT molecular complexity index is 460. The van der Waals surface area contributed by atoms with Crippen LogP contribution in [0.5, 0.6) is 0 Å². The maximum atomic E-state index is 11.1. The first-order valence-corrected chi connectivity index (χ1v) is 6.75. The number of rotatable bonds is 8. The molecule has 1 rings (SSSR count). The van der Waals surface area contributed by atoms with E-state index in [4.69, 9.17) is 5.11 Å². The molecule has 0 radical (unpaired) electrons. The summed E-state index contributed by atoms with van der Waals surface area (Å²) in [6, 6.07) is 7.07. The van der Waals surface area contributed by atoms with Gasteiger partial charge in [0.05, 0.1) is 5.56 Å². The summed E-state index contributed by atoms with van der Waals surface area (Å²) < 4.78 is 0. The number of nitrogens with one attached hydrogen (secondary N) is 1. The number of amides is 1. The second-order valence-electron chi connectivity index (χ2n) is 4.79. The van der Waals surface area contributed by atoms with Gasteiger partial charge in [-0.1, -0.05) is 18.2 Å². The van der Waals surface area contributed by atoms with Gasteiger partial charge >= 0.3 is 5.97 Å². The van der Waals surface area contributed by atoms with Gasteiger partial charge < -0.3 is 15.3 Å².